The zero-order valence-corrected chi connectivity index (χ0v) is 21.8. The number of hydrogen-bond donors (Lipinski definition) is 2. The van der Waals surface area contributed by atoms with Gasteiger partial charge >= 0.3 is 0 Å². The second-order valence-corrected chi connectivity index (χ2v) is 10.5. The maximum absolute atomic E-state index is 13.5. The van der Waals surface area contributed by atoms with E-state index in [1.807, 2.05) is 30.3 Å². The molecule has 9 heteroatoms. The van der Waals surface area contributed by atoms with E-state index in [0.29, 0.717) is 27.0 Å². The molecule has 2 N–H and O–H groups in total. The van der Waals surface area contributed by atoms with Gasteiger partial charge in [-0.3, -0.25) is 14.5 Å². The number of nitrogens with one attached hydrogen (secondary N) is 1. The summed E-state index contributed by atoms with van der Waals surface area (Å²) < 4.78 is 0.815. The summed E-state index contributed by atoms with van der Waals surface area (Å²) in [5.41, 5.74) is 4.00. The number of anilines is 2. The van der Waals surface area contributed by atoms with Gasteiger partial charge in [0, 0.05) is 10.0 Å². The second-order valence-electron chi connectivity index (χ2n) is 8.57. The summed E-state index contributed by atoms with van der Waals surface area (Å²) in [6.07, 6.45) is 1.75. The summed E-state index contributed by atoms with van der Waals surface area (Å²) in [5.74, 6) is -0.170. The van der Waals surface area contributed by atoms with Crippen LogP contribution in [0.15, 0.2) is 86.3 Å². The van der Waals surface area contributed by atoms with Crippen molar-refractivity contribution in [3.05, 3.63) is 92.8 Å². The number of thioether (sulfide) groups is 1. The molecule has 2 aliphatic heterocycles. The molecule has 0 saturated carbocycles. The Morgan fingerprint density at radius 2 is 1.81 bits per heavy atom. The first-order valence-corrected chi connectivity index (χ1v) is 12.8. The van der Waals surface area contributed by atoms with Crippen LogP contribution >= 0.6 is 27.7 Å². The molecule has 2 heterocycles. The molecule has 180 valence electrons. The van der Waals surface area contributed by atoms with Crippen molar-refractivity contribution in [2.45, 2.75) is 19.8 Å². The number of carbonyl (C=O) groups excluding carboxylic acids is 2. The average Bonchev–Trinajstić information content (AvgIpc) is 3.34. The number of aromatic hydroxyl groups is 1. The van der Waals surface area contributed by atoms with E-state index in [4.69, 9.17) is 0 Å². The minimum absolute atomic E-state index is 0.148. The first kappa shape index (κ1) is 24.0. The number of phenols is 1. The van der Waals surface area contributed by atoms with Crippen LogP contribution in [0.25, 0.3) is 6.08 Å². The van der Waals surface area contributed by atoms with Crippen molar-refractivity contribution in [1.82, 2.24) is 0 Å². The van der Waals surface area contributed by atoms with E-state index in [1.54, 1.807) is 42.5 Å². The van der Waals surface area contributed by atoms with Crippen LogP contribution in [0.3, 0.4) is 0 Å². The third-order valence-corrected chi connectivity index (χ3v) is 7.18. The van der Waals surface area contributed by atoms with Gasteiger partial charge in [0.2, 0.25) is 5.17 Å². The second kappa shape index (κ2) is 9.75. The summed E-state index contributed by atoms with van der Waals surface area (Å²) in [4.78, 5) is 28.1. The molecule has 2 aliphatic rings. The van der Waals surface area contributed by atoms with E-state index in [9.17, 15) is 14.7 Å². The predicted octanol–water partition coefficient (Wildman–Crippen LogP) is 6.11. The third-order valence-electron chi connectivity index (χ3n) is 5.73. The van der Waals surface area contributed by atoms with Crippen LogP contribution < -0.4 is 10.2 Å². The first-order chi connectivity index (χ1) is 17.3. The van der Waals surface area contributed by atoms with Crippen molar-refractivity contribution >= 4 is 67.8 Å². The van der Waals surface area contributed by atoms with Gasteiger partial charge in [0.1, 0.15) is 5.75 Å². The van der Waals surface area contributed by atoms with Crippen molar-refractivity contribution < 1.29 is 14.7 Å². The van der Waals surface area contributed by atoms with Gasteiger partial charge in [0.15, 0.2) is 5.71 Å². The predicted molar refractivity (Wildman–Crippen MR) is 148 cm³/mol. The molecule has 0 spiro atoms. The van der Waals surface area contributed by atoms with Crippen molar-refractivity contribution in [3.63, 3.8) is 0 Å². The van der Waals surface area contributed by atoms with Crippen molar-refractivity contribution in [2.75, 3.05) is 10.2 Å². The van der Waals surface area contributed by atoms with Crippen LogP contribution in [0, 0.1) is 0 Å². The number of rotatable bonds is 4. The number of amides is 2. The van der Waals surface area contributed by atoms with Crippen LogP contribution in [-0.2, 0) is 9.59 Å². The van der Waals surface area contributed by atoms with Crippen LogP contribution in [0.5, 0.6) is 5.75 Å². The maximum Gasteiger partial charge on any atom is 0.276 e. The Hall–Kier alpha value is -3.69. The van der Waals surface area contributed by atoms with E-state index < -0.39 is 0 Å². The SMILES string of the molecule is CC(C)c1cccc(N2C(=O)C(=Cc3ccc(O)cc3)SC2=NN=C2C(=O)Nc3ccc(Br)cc32)c1. The van der Waals surface area contributed by atoms with E-state index in [0.717, 1.165) is 15.6 Å². The van der Waals surface area contributed by atoms with Crippen LogP contribution in [0.4, 0.5) is 11.4 Å². The molecule has 3 aromatic carbocycles. The third kappa shape index (κ3) is 4.72. The fourth-order valence-electron chi connectivity index (χ4n) is 3.83. The minimum Gasteiger partial charge on any atom is -0.508 e. The molecule has 0 radical (unpaired) electrons. The van der Waals surface area contributed by atoms with Gasteiger partial charge in [-0.05, 0) is 77.3 Å². The number of benzene rings is 3. The quantitative estimate of drug-likeness (QED) is 0.297. The highest BCUT2D eigenvalue weighted by molar-refractivity contribution is 9.10. The fraction of sp³-hybridized carbons (Fsp3) is 0.111. The van der Waals surface area contributed by atoms with Gasteiger partial charge in [-0.15, -0.1) is 10.2 Å². The molecular weight excluding hydrogens is 540 g/mol. The first-order valence-electron chi connectivity index (χ1n) is 11.2. The molecule has 1 saturated heterocycles. The lowest BCUT2D eigenvalue weighted by molar-refractivity contribution is -0.113. The number of phenolic OH excluding ortho intramolecular Hbond substituents is 1. The van der Waals surface area contributed by atoms with E-state index in [1.165, 1.54) is 16.7 Å². The Balaban J connectivity index is 1.59. The topological polar surface area (TPSA) is 94.4 Å². The normalized spacial score (nSPS) is 18.6. The van der Waals surface area contributed by atoms with E-state index in [2.05, 4.69) is 45.3 Å². The van der Waals surface area contributed by atoms with Crippen molar-refractivity contribution in [1.29, 1.82) is 0 Å². The number of amidine groups is 1. The van der Waals surface area contributed by atoms with Crippen LogP contribution in [0.2, 0.25) is 0 Å². The van der Waals surface area contributed by atoms with Gasteiger partial charge in [0.05, 0.1) is 16.3 Å². The molecule has 7 nitrogen and oxygen atoms in total. The standard InChI is InChI=1S/C27H21BrN4O3S/c1-15(2)17-4-3-5-19(13-17)32-26(35)23(12-16-6-9-20(33)10-7-16)36-27(32)31-30-24-21-14-18(28)8-11-22(21)29-25(24)34/h3-15,33H,1-2H3,(H,29,30,34). The Bertz CT molecular complexity index is 1480. The Morgan fingerprint density at radius 3 is 2.56 bits per heavy atom. The zero-order chi connectivity index (χ0) is 25.4. The Morgan fingerprint density at radius 1 is 1.03 bits per heavy atom. The van der Waals surface area contributed by atoms with Crippen LogP contribution in [0.1, 0.15) is 36.5 Å². The lowest BCUT2D eigenvalue weighted by Gasteiger charge is -2.17. The highest BCUT2D eigenvalue weighted by Gasteiger charge is 2.35. The molecule has 3 aromatic rings. The Labute approximate surface area is 220 Å². The van der Waals surface area contributed by atoms with E-state index >= 15 is 0 Å². The summed E-state index contributed by atoms with van der Waals surface area (Å²) in [7, 11) is 0. The number of halogens is 1. The Kier molecular flexibility index (Phi) is 6.51. The molecule has 0 bridgehead atoms. The van der Waals surface area contributed by atoms with Crippen LogP contribution in [-0.4, -0.2) is 27.8 Å². The van der Waals surface area contributed by atoms with Gasteiger partial charge < -0.3 is 10.4 Å². The molecule has 1 fully saturated rings. The fourth-order valence-corrected chi connectivity index (χ4v) is 5.12. The molecule has 0 aromatic heterocycles. The number of hydrogen-bond acceptors (Lipinski definition) is 6. The van der Waals surface area contributed by atoms with Gasteiger partial charge in [-0.2, -0.15) is 0 Å². The number of fused-ring (bicyclic) bond motifs is 1. The van der Waals surface area contributed by atoms with Gasteiger partial charge in [0.25, 0.3) is 11.8 Å². The highest BCUT2D eigenvalue weighted by Crippen LogP contribution is 2.37. The van der Waals surface area contributed by atoms with E-state index in [-0.39, 0.29) is 29.2 Å². The molecule has 36 heavy (non-hydrogen) atoms. The lowest BCUT2D eigenvalue weighted by atomic mass is 10.0. The molecular formula is C27H21BrN4O3S. The number of carbonyl (C=O) groups is 2. The van der Waals surface area contributed by atoms with Crippen molar-refractivity contribution in [2.24, 2.45) is 10.2 Å². The molecule has 0 atom stereocenters. The number of nitrogens with zero attached hydrogens (tertiary/aromatic N) is 3. The summed E-state index contributed by atoms with van der Waals surface area (Å²) in [6.45, 7) is 4.18. The maximum atomic E-state index is 13.5. The van der Waals surface area contributed by atoms with Gasteiger partial charge in [-0.1, -0.05) is 54.0 Å². The van der Waals surface area contributed by atoms with Crippen molar-refractivity contribution in [3.8, 4) is 5.75 Å². The summed E-state index contributed by atoms with van der Waals surface area (Å²) in [5, 5.41) is 21.4. The minimum atomic E-state index is -0.352. The average molecular weight is 561 g/mol. The largest absolute Gasteiger partial charge is 0.508 e. The smallest absolute Gasteiger partial charge is 0.276 e. The summed E-state index contributed by atoms with van der Waals surface area (Å²) >= 11 is 4.61. The molecule has 0 unspecified atom stereocenters. The highest BCUT2D eigenvalue weighted by atomic mass is 79.9. The monoisotopic (exact) mass is 560 g/mol. The lowest BCUT2D eigenvalue weighted by Crippen LogP contribution is -2.29. The molecule has 2 amide bonds. The zero-order valence-electron chi connectivity index (χ0n) is 19.4. The summed E-state index contributed by atoms with van der Waals surface area (Å²) in [6, 6.07) is 19.8. The molecule has 5 rings (SSSR count). The van der Waals surface area contributed by atoms with Gasteiger partial charge in [-0.25, -0.2) is 0 Å². The molecule has 0 aliphatic carbocycles.